The molecule has 0 radical (unpaired) electrons. The summed E-state index contributed by atoms with van der Waals surface area (Å²) in [7, 11) is 1.68. The number of fused-ring (bicyclic) bond motifs is 1. The summed E-state index contributed by atoms with van der Waals surface area (Å²) in [4.78, 5) is 11.6. The first-order valence-corrected chi connectivity index (χ1v) is 9.46. The van der Waals surface area contributed by atoms with E-state index in [0.29, 0.717) is 26.1 Å². The van der Waals surface area contributed by atoms with Crippen molar-refractivity contribution in [2.24, 2.45) is 5.73 Å². The minimum absolute atomic E-state index is 0.0576. The molecule has 1 atom stereocenters. The molecular formula is C17H25N7OS. The second kappa shape index (κ2) is 8.07. The predicted octanol–water partition coefficient (Wildman–Crippen LogP) is 2.22. The van der Waals surface area contributed by atoms with Gasteiger partial charge in [-0.05, 0) is 32.9 Å². The fourth-order valence-electron chi connectivity index (χ4n) is 2.87. The highest BCUT2D eigenvalue weighted by molar-refractivity contribution is 7.18. The molecule has 3 N–H and O–H groups in total. The minimum Gasteiger partial charge on any atom is -0.383 e. The van der Waals surface area contributed by atoms with Crippen LogP contribution < -0.4 is 11.1 Å². The van der Waals surface area contributed by atoms with Crippen molar-refractivity contribution in [3.05, 3.63) is 28.4 Å². The molecule has 3 aromatic heterocycles. The largest absolute Gasteiger partial charge is 0.383 e. The van der Waals surface area contributed by atoms with Gasteiger partial charge in [-0.25, -0.2) is 9.97 Å². The minimum atomic E-state index is -0.0576. The molecule has 0 fully saturated rings. The van der Waals surface area contributed by atoms with Crippen LogP contribution in [0.25, 0.3) is 10.2 Å². The lowest BCUT2D eigenvalue weighted by Gasteiger charge is -2.17. The van der Waals surface area contributed by atoms with E-state index in [2.05, 4.69) is 41.3 Å². The van der Waals surface area contributed by atoms with Crippen LogP contribution >= 0.6 is 11.3 Å². The zero-order chi connectivity index (χ0) is 18.7. The van der Waals surface area contributed by atoms with Gasteiger partial charge in [0.15, 0.2) is 5.82 Å². The van der Waals surface area contributed by atoms with Gasteiger partial charge in [-0.2, -0.15) is 0 Å². The van der Waals surface area contributed by atoms with E-state index < -0.39 is 0 Å². The Balaban J connectivity index is 1.95. The predicted molar refractivity (Wildman–Crippen MR) is 104 cm³/mol. The van der Waals surface area contributed by atoms with Gasteiger partial charge in [-0.15, -0.1) is 21.5 Å². The Kier molecular flexibility index (Phi) is 5.80. The maximum atomic E-state index is 5.70. The molecule has 26 heavy (non-hydrogen) atoms. The lowest BCUT2D eigenvalue weighted by Crippen LogP contribution is -2.17. The number of hydrogen-bond donors (Lipinski definition) is 2. The van der Waals surface area contributed by atoms with E-state index in [4.69, 9.17) is 15.5 Å². The molecule has 0 saturated heterocycles. The first-order chi connectivity index (χ1) is 12.5. The third-order valence-corrected chi connectivity index (χ3v) is 5.47. The standard InChI is InChI=1S/C17H25N7OS/c1-10-12(3)26-17-14(10)15(21-13(22-17)5-6-18)20-11(2)16-23-19-9-24(16)7-8-25-4/h9,11H,5-8,18H2,1-4H3,(H,20,21,22)/t11-/m0/s1. The Morgan fingerprint density at radius 1 is 1.35 bits per heavy atom. The molecule has 0 spiro atoms. The van der Waals surface area contributed by atoms with Gasteiger partial charge in [-0.3, -0.25) is 0 Å². The Hall–Kier alpha value is -2.10. The number of nitrogens with two attached hydrogens (primary N) is 1. The van der Waals surface area contributed by atoms with E-state index in [1.165, 1.54) is 10.4 Å². The van der Waals surface area contributed by atoms with Crippen LogP contribution in [0.1, 0.15) is 35.1 Å². The van der Waals surface area contributed by atoms with E-state index in [1.54, 1.807) is 24.8 Å². The number of ether oxygens (including phenoxy) is 1. The van der Waals surface area contributed by atoms with E-state index in [-0.39, 0.29) is 6.04 Å². The van der Waals surface area contributed by atoms with Crippen molar-refractivity contribution in [1.29, 1.82) is 0 Å². The zero-order valence-corrected chi connectivity index (χ0v) is 16.4. The first-order valence-electron chi connectivity index (χ1n) is 8.65. The second-order valence-corrected chi connectivity index (χ2v) is 7.44. The fourth-order valence-corrected chi connectivity index (χ4v) is 3.92. The smallest absolute Gasteiger partial charge is 0.155 e. The van der Waals surface area contributed by atoms with Crippen molar-refractivity contribution < 1.29 is 4.74 Å². The Bertz CT molecular complexity index is 889. The van der Waals surface area contributed by atoms with Crippen LogP contribution in [0.15, 0.2) is 6.33 Å². The first kappa shape index (κ1) is 18.7. The number of aromatic nitrogens is 5. The number of nitrogens with zero attached hydrogens (tertiary/aromatic N) is 5. The van der Waals surface area contributed by atoms with Crippen LogP contribution in [0, 0.1) is 13.8 Å². The molecule has 0 amide bonds. The highest BCUT2D eigenvalue weighted by Crippen LogP contribution is 2.34. The van der Waals surface area contributed by atoms with E-state index in [9.17, 15) is 0 Å². The summed E-state index contributed by atoms with van der Waals surface area (Å²) in [5.41, 5.74) is 6.91. The molecule has 0 bridgehead atoms. The van der Waals surface area contributed by atoms with Gasteiger partial charge in [0, 0.05) is 25.0 Å². The number of nitrogens with one attached hydrogen (secondary N) is 1. The van der Waals surface area contributed by atoms with Gasteiger partial charge in [-0.1, -0.05) is 0 Å². The molecule has 3 heterocycles. The lowest BCUT2D eigenvalue weighted by molar-refractivity contribution is 0.186. The molecule has 0 unspecified atom stereocenters. The quantitative estimate of drug-likeness (QED) is 0.622. The maximum absolute atomic E-state index is 5.70. The average Bonchev–Trinajstić information content (AvgIpc) is 3.18. The van der Waals surface area contributed by atoms with Gasteiger partial charge in [0.05, 0.1) is 18.0 Å². The van der Waals surface area contributed by atoms with Crippen LogP contribution in [-0.4, -0.2) is 45.0 Å². The maximum Gasteiger partial charge on any atom is 0.155 e. The molecule has 0 saturated carbocycles. The van der Waals surface area contributed by atoms with Crippen molar-refractivity contribution in [2.45, 2.75) is 39.8 Å². The summed E-state index contributed by atoms with van der Waals surface area (Å²) in [6.45, 7) is 8.11. The van der Waals surface area contributed by atoms with Crippen LogP contribution in [0.2, 0.25) is 0 Å². The number of hydrogen-bond acceptors (Lipinski definition) is 8. The van der Waals surface area contributed by atoms with Gasteiger partial charge in [0.1, 0.15) is 22.8 Å². The molecule has 8 nitrogen and oxygen atoms in total. The summed E-state index contributed by atoms with van der Waals surface area (Å²) in [5, 5.41) is 12.9. The fraction of sp³-hybridized carbons (Fsp3) is 0.529. The average molecular weight is 376 g/mol. The lowest BCUT2D eigenvalue weighted by atomic mass is 10.2. The Morgan fingerprint density at radius 2 is 2.15 bits per heavy atom. The third kappa shape index (κ3) is 3.69. The summed E-state index contributed by atoms with van der Waals surface area (Å²) < 4.78 is 7.15. The van der Waals surface area contributed by atoms with Crippen molar-refractivity contribution >= 4 is 27.4 Å². The van der Waals surface area contributed by atoms with Crippen molar-refractivity contribution in [2.75, 3.05) is 25.6 Å². The van der Waals surface area contributed by atoms with Crippen LogP contribution in [0.5, 0.6) is 0 Å². The van der Waals surface area contributed by atoms with Gasteiger partial charge >= 0.3 is 0 Å². The Morgan fingerprint density at radius 3 is 2.88 bits per heavy atom. The summed E-state index contributed by atoms with van der Waals surface area (Å²) in [6.07, 6.45) is 2.38. The number of thiophene rings is 1. The number of methoxy groups -OCH3 is 1. The molecule has 140 valence electrons. The number of rotatable bonds is 8. The molecule has 0 aliphatic rings. The van der Waals surface area contributed by atoms with Crippen molar-refractivity contribution in [1.82, 2.24) is 24.7 Å². The molecule has 0 aliphatic heterocycles. The third-order valence-electron chi connectivity index (χ3n) is 4.37. The second-order valence-electron chi connectivity index (χ2n) is 6.23. The Labute approximate surface area is 156 Å². The van der Waals surface area contributed by atoms with Gasteiger partial charge in [0.2, 0.25) is 0 Å². The van der Waals surface area contributed by atoms with E-state index in [0.717, 1.165) is 27.7 Å². The molecule has 0 aromatic carbocycles. The van der Waals surface area contributed by atoms with E-state index in [1.807, 2.05) is 4.57 Å². The van der Waals surface area contributed by atoms with Crippen LogP contribution in [0.3, 0.4) is 0 Å². The molecule has 3 aromatic rings. The molecule has 3 rings (SSSR count). The molecular weight excluding hydrogens is 350 g/mol. The topological polar surface area (TPSA) is 104 Å². The van der Waals surface area contributed by atoms with Gasteiger partial charge in [0.25, 0.3) is 0 Å². The summed E-state index contributed by atoms with van der Waals surface area (Å²) in [6, 6.07) is -0.0576. The number of anilines is 1. The SMILES string of the molecule is COCCn1cnnc1[C@H](C)Nc1nc(CCN)nc2sc(C)c(C)c12. The monoisotopic (exact) mass is 375 g/mol. The number of aryl methyl sites for hydroxylation is 2. The molecule has 9 heteroatoms. The highest BCUT2D eigenvalue weighted by atomic mass is 32.1. The van der Waals surface area contributed by atoms with Gasteiger partial charge < -0.3 is 20.4 Å². The van der Waals surface area contributed by atoms with Crippen LogP contribution in [0.4, 0.5) is 5.82 Å². The molecule has 0 aliphatic carbocycles. The highest BCUT2D eigenvalue weighted by Gasteiger charge is 2.19. The summed E-state index contributed by atoms with van der Waals surface area (Å²) >= 11 is 1.69. The normalized spacial score (nSPS) is 12.7. The van der Waals surface area contributed by atoms with Crippen LogP contribution in [-0.2, 0) is 17.7 Å². The summed E-state index contributed by atoms with van der Waals surface area (Å²) in [5.74, 6) is 2.43. The van der Waals surface area contributed by atoms with E-state index >= 15 is 0 Å². The zero-order valence-electron chi connectivity index (χ0n) is 15.6. The van der Waals surface area contributed by atoms with Crippen molar-refractivity contribution in [3.63, 3.8) is 0 Å². The van der Waals surface area contributed by atoms with Crippen molar-refractivity contribution in [3.8, 4) is 0 Å².